The highest BCUT2D eigenvalue weighted by Crippen LogP contribution is 2.23. The number of rotatable bonds is 4. The summed E-state index contributed by atoms with van der Waals surface area (Å²) in [6, 6.07) is 14.6. The maximum absolute atomic E-state index is 12.4. The highest BCUT2D eigenvalue weighted by molar-refractivity contribution is 6.01. The molecule has 0 spiro atoms. The quantitative estimate of drug-likeness (QED) is 0.683. The van der Waals surface area contributed by atoms with E-state index in [1.807, 2.05) is 56.3 Å². The monoisotopic (exact) mass is 378 g/mol. The number of aryl methyl sites for hydroxylation is 1. The second kappa shape index (κ2) is 7.56. The molecule has 0 amide bonds. The Bertz CT molecular complexity index is 1170. The highest BCUT2D eigenvalue weighted by Gasteiger charge is 2.18. The highest BCUT2D eigenvalue weighted by atomic mass is 16.3. The van der Waals surface area contributed by atoms with E-state index in [2.05, 4.69) is 9.98 Å². The Balaban J connectivity index is 2.19. The molecule has 1 aromatic heterocycles. The zero-order valence-corrected chi connectivity index (χ0v) is 16.2. The minimum absolute atomic E-state index is 0.0434. The Labute approximate surface area is 162 Å². The molecular weight excluding hydrogens is 356 g/mol. The molecule has 0 unspecified atom stereocenters. The summed E-state index contributed by atoms with van der Waals surface area (Å²) in [5.74, 6) is -0.437. The van der Waals surface area contributed by atoms with Gasteiger partial charge in [-0.05, 0) is 43.7 Å². The van der Waals surface area contributed by atoms with Crippen molar-refractivity contribution < 1.29 is 5.11 Å². The predicted molar refractivity (Wildman–Crippen MR) is 112 cm³/mol. The number of aromatic nitrogens is 2. The number of hydrogen-bond donors (Lipinski definition) is 2. The van der Waals surface area contributed by atoms with Crippen molar-refractivity contribution in [3.8, 4) is 11.6 Å². The minimum Gasteiger partial charge on any atom is -0.493 e. The van der Waals surface area contributed by atoms with Crippen LogP contribution in [0, 0.1) is 6.92 Å². The molecule has 1 heterocycles. The lowest BCUT2D eigenvalue weighted by Gasteiger charge is -2.14. The van der Waals surface area contributed by atoms with Gasteiger partial charge in [0.1, 0.15) is 5.56 Å². The zero-order chi connectivity index (χ0) is 20.4. The van der Waals surface area contributed by atoms with Crippen molar-refractivity contribution in [2.75, 3.05) is 19.0 Å². The normalized spacial score (nSPS) is 11.5. The second-order valence-electron chi connectivity index (χ2n) is 6.69. The summed E-state index contributed by atoms with van der Waals surface area (Å²) in [6.45, 7) is 3.44. The molecule has 28 heavy (non-hydrogen) atoms. The number of aromatic amines is 1. The Morgan fingerprint density at radius 3 is 2.50 bits per heavy atom. The Kier molecular flexibility index (Phi) is 5.17. The first-order valence-corrected chi connectivity index (χ1v) is 8.77. The molecule has 0 aliphatic rings. The molecule has 0 aliphatic carbocycles. The largest absolute Gasteiger partial charge is 0.493 e. The number of nitrogens with zero attached hydrogens (tertiary/aromatic N) is 3. The predicted octanol–water partition coefficient (Wildman–Crippen LogP) is 2.75. The zero-order valence-electron chi connectivity index (χ0n) is 16.2. The molecule has 2 aromatic carbocycles. The van der Waals surface area contributed by atoms with Crippen LogP contribution in [-0.4, -0.2) is 34.5 Å². The summed E-state index contributed by atoms with van der Waals surface area (Å²) in [5.41, 5.74) is 1.74. The van der Waals surface area contributed by atoms with Crippen LogP contribution in [0.1, 0.15) is 18.1 Å². The molecule has 3 aromatic rings. The Morgan fingerprint density at radius 2 is 1.82 bits per heavy atom. The molecule has 3 rings (SSSR count). The van der Waals surface area contributed by atoms with Gasteiger partial charge in [-0.15, -0.1) is 0 Å². The van der Waals surface area contributed by atoms with E-state index in [-0.39, 0.29) is 5.56 Å². The van der Waals surface area contributed by atoms with E-state index >= 15 is 0 Å². The molecular formula is C21H22N4O3. The molecule has 0 saturated carbocycles. The van der Waals surface area contributed by atoms with Gasteiger partial charge in [-0.2, -0.15) is 0 Å². The van der Waals surface area contributed by atoms with Crippen molar-refractivity contribution in [3.05, 3.63) is 80.5 Å². The summed E-state index contributed by atoms with van der Waals surface area (Å²) >= 11 is 0. The van der Waals surface area contributed by atoms with Gasteiger partial charge in [-0.1, -0.05) is 24.3 Å². The van der Waals surface area contributed by atoms with E-state index < -0.39 is 17.1 Å². The van der Waals surface area contributed by atoms with E-state index in [0.717, 1.165) is 15.8 Å². The van der Waals surface area contributed by atoms with E-state index in [0.29, 0.717) is 17.1 Å². The van der Waals surface area contributed by atoms with Crippen molar-refractivity contribution in [3.63, 3.8) is 0 Å². The van der Waals surface area contributed by atoms with Crippen molar-refractivity contribution in [2.45, 2.75) is 13.8 Å². The maximum atomic E-state index is 12.4. The molecule has 7 heteroatoms. The molecule has 144 valence electrons. The number of nitrogens with one attached hydrogen (secondary N) is 1. The standard InChI is InChI=1S/C21H22N4O3/c1-13-8-5-6-11-17(13)25-20(27)18(19(26)23-21(25)28)14(2)22-15-9-7-10-16(12-15)24(3)4/h5-12,27H,1-4H3,(H,23,26,28). The van der Waals surface area contributed by atoms with Crippen LogP contribution in [0.2, 0.25) is 0 Å². The lowest BCUT2D eigenvalue weighted by molar-refractivity contribution is 0.429. The van der Waals surface area contributed by atoms with Gasteiger partial charge in [0, 0.05) is 19.8 Å². The van der Waals surface area contributed by atoms with Crippen LogP contribution in [0.25, 0.3) is 5.69 Å². The van der Waals surface area contributed by atoms with Crippen LogP contribution in [-0.2, 0) is 0 Å². The number of benzene rings is 2. The summed E-state index contributed by atoms with van der Waals surface area (Å²) in [5, 5.41) is 10.8. The molecule has 0 bridgehead atoms. The van der Waals surface area contributed by atoms with E-state index in [4.69, 9.17) is 0 Å². The van der Waals surface area contributed by atoms with Gasteiger partial charge in [0.05, 0.1) is 17.1 Å². The topological polar surface area (TPSA) is 90.7 Å². The first-order chi connectivity index (χ1) is 13.3. The lowest BCUT2D eigenvalue weighted by Crippen LogP contribution is -2.33. The fourth-order valence-corrected chi connectivity index (χ4v) is 2.98. The summed E-state index contributed by atoms with van der Waals surface area (Å²) < 4.78 is 1.08. The van der Waals surface area contributed by atoms with Crippen LogP contribution in [0.4, 0.5) is 11.4 Å². The van der Waals surface area contributed by atoms with E-state index in [1.54, 1.807) is 25.1 Å². The number of para-hydroxylation sites is 1. The molecule has 0 saturated heterocycles. The van der Waals surface area contributed by atoms with Gasteiger partial charge in [-0.3, -0.25) is 14.8 Å². The lowest BCUT2D eigenvalue weighted by atomic mass is 10.1. The fraction of sp³-hybridized carbons (Fsp3) is 0.190. The minimum atomic E-state index is -0.706. The van der Waals surface area contributed by atoms with Crippen LogP contribution in [0.5, 0.6) is 5.88 Å². The van der Waals surface area contributed by atoms with Crippen LogP contribution >= 0.6 is 0 Å². The average molecular weight is 378 g/mol. The Hall–Kier alpha value is -3.61. The van der Waals surface area contributed by atoms with Gasteiger partial charge in [0.2, 0.25) is 5.88 Å². The van der Waals surface area contributed by atoms with Gasteiger partial charge in [0.15, 0.2) is 0 Å². The summed E-state index contributed by atoms with van der Waals surface area (Å²) in [7, 11) is 3.84. The second-order valence-corrected chi connectivity index (χ2v) is 6.69. The van der Waals surface area contributed by atoms with E-state index in [9.17, 15) is 14.7 Å². The summed E-state index contributed by atoms with van der Waals surface area (Å²) in [4.78, 5) is 33.5. The van der Waals surface area contributed by atoms with E-state index in [1.165, 1.54) is 0 Å². The van der Waals surface area contributed by atoms with Crippen LogP contribution < -0.4 is 16.1 Å². The van der Waals surface area contributed by atoms with Gasteiger partial charge in [0.25, 0.3) is 5.56 Å². The third-order valence-electron chi connectivity index (χ3n) is 4.45. The number of hydrogen-bond acceptors (Lipinski definition) is 5. The smallest absolute Gasteiger partial charge is 0.335 e. The van der Waals surface area contributed by atoms with Gasteiger partial charge >= 0.3 is 5.69 Å². The molecule has 0 fully saturated rings. The fourth-order valence-electron chi connectivity index (χ4n) is 2.98. The first kappa shape index (κ1) is 19.2. The number of aliphatic imine (C=N–C) groups is 1. The average Bonchev–Trinajstić information content (AvgIpc) is 2.63. The molecule has 0 radical (unpaired) electrons. The van der Waals surface area contributed by atoms with Gasteiger partial charge in [-0.25, -0.2) is 9.36 Å². The van der Waals surface area contributed by atoms with Crippen molar-refractivity contribution in [1.29, 1.82) is 0 Å². The van der Waals surface area contributed by atoms with Gasteiger partial charge < -0.3 is 10.0 Å². The number of H-pyrrole nitrogens is 1. The molecule has 0 aliphatic heterocycles. The number of anilines is 1. The summed E-state index contributed by atoms with van der Waals surface area (Å²) in [6.07, 6.45) is 0. The van der Waals surface area contributed by atoms with Crippen molar-refractivity contribution in [1.82, 2.24) is 9.55 Å². The molecule has 7 nitrogen and oxygen atoms in total. The Morgan fingerprint density at radius 1 is 1.11 bits per heavy atom. The SMILES string of the molecule is CC(=Nc1cccc(N(C)C)c1)c1c(O)n(-c2ccccc2C)c(=O)[nH]c1=O. The van der Waals surface area contributed by atoms with Crippen LogP contribution in [0.3, 0.4) is 0 Å². The van der Waals surface area contributed by atoms with Crippen molar-refractivity contribution in [2.24, 2.45) is 4.99 Å². The third kappa shape index (κ3) is 3.59. The first-order valence-electron chi connectivity index (χ1n) is 8.77. The molecule has 2 N–H and O–H groups in total. The number of aromatic hydroxyl groups is 1. The van der Waals surface area contributed by atoms with Crippen LogP contribution in [0.15, 0.2) is 63.1 Å². The maximum Gasteiger partial charge on any atom is 0.335 e. The third-order valence-corrected chi connectivity index (χ3v) is 4.45. The molecule has 0 atom stereocenters. The van der Waals surface area contributed by atoms with Crippen molar-refractivity contribution >= 4 is 17.1 Å².